The molecule has 0 saturated carbocycles. The van der Waals surface area contributed by atoms with E-state index in [1.54, 1.807) is 24.3 Å². The first-order valence-electron chi connectivity index (χ1n) is 6.13. The number of para-hydroxylation sites is 1. The van der Waals surface area contributed by atoms with Gasteiger partial charge in [0.25, 0.3) is 0 Å². The predicted octanol–water partition coefficient (Wildman–Crippen LogP) is 1.12. The lowest BCUT2D eigenvalue weighted by Gasteiger charge is -2.16. The zero-order chi connectivity index (χ0) is 15.6. The molecule has 0 bridgehead atoms. The van der Waals surface area contributed by atoms with Crippen LogP contribution in [0.5, 0.6) is 0 Å². The Bertz CT molecular complexity index is 595. The summed E-state index contributed by atoms with van der Waals surface area (Å²) in [6, 6.07) is 5.51. The monoisotopic (exact) mass is 328 g/mol. The van der Waals surface area contributed by atoms with E-state index in [0.717, 1.165) is 16.7 Å². The molecule has 21 heavy (non-hydrogen) atoms. The summed E-state index contributed by atoms with van der Waals surface area (Å²) >= 11 is 7.08. The SMILES string of the molecule is NC(CSC1CC(=O)N(c2ccccc2Cl)C1=O)C(=O)O. The van der Waals surface area contributed by atoms with Crippen molar-refractivity contribution in [3.63, 3.8) is 0 Å². The van der Waals surface area contributed by atoms with Crippen LogP contribution in [0, 0.1) is 0 Å². The highest BCUT2D eigenvalue weighted by atomic mass is 35.5. The van der Waals surface area contributed by atoms with Gasteiger partial charge in [0.15, 0.2) is 0 Å². The Kier molecular flexibility index (Phi) is 4.87. The van der Waals surface area contributed by atoms with Crippen LogP contribution in [-0.4, -0.2) is 39.9 Å². The topological polar surface area (TPSA) is 101 Å². The summed E-state index contributed by atoms with van der Waals surface area (Å²) < 4.78 is 0. The zero-order valence-electron chi connectivity index (χ0n) is 10.9. The van der Waals surface area contributed by atoms with E-state index in [1.807, 2.05) is 0 Å². The van der Waals surface area contributed by atoms with Crippen LogP contribution in [0.2, 0.25) is 5.02 Å². The summed E-state index contributed by atoms with van der Waals surface area (Å²) in [5.74, 6) is -1.82. The molecule has 1 saturated heterocycles. The van der Waals surface area contributed by atoms with Crippen molar-refractivity contribution in [2.75, 3.05) is 10.7 Å². The number of aliphatic carboxylic acids is 1. The first-order valence-corrected chi connectivity index (χ1v) is 7.55. The van der Waals surface area contributed by atoms with Gasteiger partial charge in [-0.25, -0.2) is 4.90 Å². The standard InChI is InChI=1S/C13H13ClN2O4S/c14-7-3-1-2-4-9(7)16-11(17)5-10(12(16)18)21-6-8(15)13(19)20/h1-4,8,10H,5-6,15H2,(H,19,20). The minimum Gasteiger partial charge on any atom is -0.480 e. The maximum absolute atomic E-state index is 12.3. The van der Waals surface area contributed by atoms with Crippen LogP contribution in [-0.2, 0) is 14.4 Å². The van der Waals surface area contributed by atoms with Gasteiger partial charge in [0.05, 0.1) is 16.0 Å². The van der Waals surface area contributed by atoms with Crippen molar-refractivity contribution in [1.29, 1.82) is 0 Å². The minimum absolute atomic E-state index is 0.0149. The molecule has 112 valence electrons. The Morgan fingerprint density at radius 2 is 2.14 bits per heavy atom. The van der Waals surface area contributed by atoms with Crippen molar-refractivity contribution in [3.8, 4) is 0 Å². The number of anilines is 1. The number of carbonyl (C=O) groups excluding carboxylic acids is 2. The van der Waals surface area contributed by atoms with Crippen molar-refractivity contribution in [3.05, 3.63) is 29.3 Å². The Morgan fingerprint density at radius 1 is 1.48 bits per heavy atom. The van der Waals surface area contributed by atoms with Crippen molar-refractivity contribution in [1.82, 2.24) is 0 Å². The van der Waals surface area contributed by atoms with Gasteiger partial charge in [-0.15, -0.1) is 11.8 Å². The van der Waals surface area contributed by atoms with Crippen molar-refractivity contribution < 1.29 is 19.5 Å². The highest BCUT2D eigenvalue weighted by molar-refractivity contribution is 8.00. The van der Waals surface area contributed by atoms with E-state index in [-0.39, 0.29) is 18.1 Å². The van der Waals surface area contributed by atoms with Gasteiger partial charge < -0.3 is 10.8 Å². The maximum Gasteiger partial charge on any atom is 0.321 e. The van der Waals surface area contributed by atoms with E-state index in [9.17, 15) is 14.4 Å². The minimum atomic E-state index is -1.14. The van der Waals surface area contributed by atoms with E-state index in [2.05, 4.69) is 0 Å². The van der Waals surface area contributed by atoms with E-state index in [0.29, 0.717) is 10.7 Å². The number of nitrogens with zero attached hydrogens (tertiary/aromatic N) is 1. The number of carbonyl (C=O) groups is 3. The number of thioether (sulfide) groups is 1. The van der Waals surface area contributed by atoms with Crippen LogP contribution in [0.3, 0.4) is 0 Å². The van der Waals surface area contributed by atoms with Crippen molar-refractivity contribution in [2.45, 2.75) is 17.7 Å². The molecule has 3 N–H and O–H groups in total. The number of halogens is 1. The number of nitrogens with two attached hydrogens (primary N) is 1. The number of hydrogen-bond acceptors (Lipinski definition) is 5. The number of hydrogen-bond donors (Lipinski definition) is 2. The fraction of sp³-hybridized carbons (Fsp3) is 0.308. The van der Waals surface area contributed by atoms with Gasteiger partial charge in [-0.2, -0.15) is 0 Å². The molecule has 2 unspecified atom stereocenters. The highest BCUT2D eigenvalue weighted by Gasteiger charge is 2.40. The molecular weight excluding hydrogens is 316 g/mol. The van der Waals surface area contributed by atoms with Gasteiger partial charge in [0.1, 0.15) is 6.04 Å². The Hall–Kier alpha value is -1.57. The molecule has 0 spiro atoms. The quantitative estimate of drug-likeness (QED) is 0.785. The third-order valence-corrected chi connectivity index (χ3v) is 4.63. The first-order chi connectivity index (χ1) is 9.91. The number of benzene rings is 1. The summed E-state index contributed by atoms with van der Waals surface area (Å²) in [7, 11) is 0. The van der Waals surface area contributed by atoms with Gasteiger partial charge in [0.2, 0.25) is 11.8 Å². The van der Waals surface area contributed by atoms with Crippen LogP contribution in [0.25, 0.3) is 0 Å². The largest absolute Gasteiger partial charge is 0.480 e. The second kappa shape index (κ2) is 6.46. The fourth-order valence-electron chi connectivity index (χ4n) is 1.91. The molecule has 6 nitrogen and oxygen atoms in total. The van der Waals surface area contributed by atoms with Crippen LogP contribution in [0.15, 0.2) is 24.3 Å². The summed E-state index contributed by atoms with van der Waals surface area (Å²) in [6.07, 6.45) is 0.0149. The average Bonchev–Trinajstić information content (AvgIpc) is 2.71. The summed E-state index contributed by atoms with van der Waals surface area (Å²) in [5, 5.41) is 8.41. The van der Waals surface area contributed by atoms with Crippen LogP contribution >= 0.6 is 23.4 Å². The van der Waals surface area contributed by atoms with Crippen LogP contribution < -0.4 is 10.6 Å². The van der Waals surface area contributed by atoms with E-state index < -0.39 is 23.2 Å². The van der Waals surface area contributed by atoms with Gasteiger partial charge >= 0.3 is 5.97 Å². The number of imide groups is 1. The Labute approximate surface area is 130 Å². The molecule has 1 aliphatic rings. The molecule has 0 radical (unpaired) electrons. The third-order valence-electron chi connectivity index (χ3n) is 2.99. The summed E-state index contributed by atoms with van der Waals surface area (Å²) in [4.78, 5) is 36.0. The molecule has 2 amide bonds. The second-order valence-corrected chi connectivity index (χ2v) is 6.13. The van der Waals surface area contributed by atoms with Gasteiger partial charge in [-0.1, -0.05) is 23.7 Å². The van der Waals surface area contributed by atoms with E-state index >= 15 is 0 Å². The van der Waals surface area contributed by atoms with E-state index in [4.69, 9.17) is 22.4 Å². The molecular formula is C13H13ClN2O4S. The molecule has 0 aromatic heterocycles. The number of amides is 2. The number of carboxylic acid groups (broad SMARTS) is 1. The molecule has 1 aromatic rings. The third kappa shape index (κ3) is 3.37. The molecule has 0 aliphatic carbocycles. The zero-order valence-corrected chi connectivity index (χ0v) is 12.4. The normalized spacial score (nSPS) is 19.9. The van der Waals surface area contributed by atoms with E-state index in [1.165, 1.54) is 0 Å². The lowest BCUT2D eigenvalue weighted by atomic mass is 10.3. The van der Waals surface area contributed by atoms with Crippen molar-refractivity contribution >= 4 is 46.8 Å². The highest BCUT2D eigenvalue weighted by Crippen LogP contribution is 2.33. The molecule has 1 aromatic carbocycles. The van der Waals surface area contributed by atoms with Gasteiger partial charge in [0, 0.05) is 12.2 Å². The maximum atomic E-state index is 12.3. The molecule has 1 heterocycles. The molecule has 1 aliphatic heterocycles. The number of carboxylic acids is 1. The summed E-state index contributed by atoms with van der Waals surface area (Å²) in [5.41, 5.74) is 5.74. The molecule has 1 fully saturated rings. The average molecular weight is 329 g/mol. The molecule has 2 rings (SSSR count). The van der Waals surface area contributed by atoms with Crippen LogP contribution in [0.1, 0.15) is 6.42 Å². The van der Waals surface area contributed by atoms with Gasteiger partial charge in [-0.3, -0.25) is 14.4 Å². The first kappa shape index (κ1) is 15.8. The fourth-order valence-corrected chi connectivity index (χ4v) is 3.22. The Balaban J connectivity index is 2.10. The molecule has 8 heteroatoms. The van der Waals surface area contributed by atoms with Crippen LogP contribution in [0.4, 0.5) is 5.69 Å². The van der Waals surface area contributed by atoms with Gasteiger partial charge in [-0.05, 0) is 12.1 Å². The molecule has 2 atom stereocenters. The number of rotatable bonds is 5. The van der Waals surface area contributed by atoms with Crippen molar-refractivity contribution in [2.24, 2.45) is 5.73 Å². The Morgan fingerprint density at radius 3 is 2.76 bits per heavy atom. The lowest BCUT2D eigenvalue weighted by molar-refractivity contribution is -0.138. The lowest BCUT2D eigenvalue weighted by Crippen LogP contribution is -2.35. The smallest absolute Gasteiger partial charge is 0.321 e. The summed E-state index contributed by atoms with van der Waals surface area (Å²) in [6.45, 7) is 0. The predicted molar refractivity (Wildman–Crippen MR) is 80.4 cm³/mol. The second-order valence-electron chi connectivity index (χ2n) is 4.49.